The lowest BCUT2D eigenvalue weighted by atomic mass is 10.1. The summed E-state index contributed by atoms with van der Waals surface area (Å²) < 4.78 is 17.3. The minimum Gasteiger partial charge on any atom is -0.366 e. The molecule has 0 spiro atoms. The molecule has 0 bridgehead atoms. The van der Waals surface area contributed by atoms with Crippen LogP contribution < -0.4 is 0 Å². The van der Waals surface area contributed by atoms with Crippen LogP contribution in [0.3, 0.4) is 0 Å². The van der Waals surface area contributed by atoms with Crippen LogP contribution in [-0.2, 0) is 14.2 Å². The first-order valence-corrected chi connectivity index (χ1v) is 5.99. The van der Waals surface area contributed by atoms with Crippen LogP contribution in [0.15, 0.2) is 42.5 Å². The van der Waals surface area contributed by atoms with E-state index in [1.807, 2.05) is 43.3 Å². The summed E-state index contributed by atoms with van der Waals surface area (Å²) in [5.41, 5.74) is 1.05. The third-order valence-corrected chi connectivity index (χ3v) is 3.09. The zero-order chi connectivity index (χ0) is 11.7. The predicted octanol–water partition coefficient (Wildman–Crippen LogP) is 2.44. The summed E-state index contributed by atoms with van der Waals surface area (Å²) in [6.45, 7) is 2.61. The molecule has 1 aromatic carbocycles. The van der Waals surface area contributed by atoms with Crippen LogP contribution in [0.25, 0.3) is 0 Å². The van der Waals surface area contributed by atoms with Crippen LogP contribution in [0.5, 0.6) is 0 Å². The van der Waals surface area contributed by atoms with Gasteiger partial charge in [-0.1, -0.05) is 42.5 Å². The monoisotopic (exact) mass is 232 g/mol. The quantitative estimate of drug-likeness (QED) is 0.696. The highest BCUT2D eigenvalue weighted by Gasteiger charge is 2.34. The molecule has 3 rings (SSSR count). The number of rotatable bonds is 1. The molecule has 17 heavy (non-hydrogen) atoms. The summed E-state index contributed by atoms with van der Waals surface area (Å²) in [5, 5.41) is 0. The van der Waals surface area contributed by atoms with Crippen LogP contribution in [0.2, 0.25) is 0 Å². The summed E-state index contributed by atoms with van der Waals surface area (Å²) in [7, 11) is 0. The fourth-order valence-corrected chi connectivity index (χ4v) is 2.20. The van der Waals surface area contributed by atoms with Gasteiger partial charge in [-0.15, -0.1) is 0 Å². The van der Waals surface area contributed by atoms with E-state index < -0.39 is 0 Å². The topological polar surface area (TPSA) is 27.7 Å². The number of hydrogen-bond acceptors (Lipinski definition) is 3. The van der Waals surface area contributed by atoms with Crippen LogP contribution in [0, 0.1) is 0 Å². The molecule has 3 nitrogen and oxygen atoms in total. The van der Waals surface area contributed by atoms with Gasteiger partial charge >= 0.3 is 0 Å². The molecule has 0 aromatic heterocycles. The molecule has 0 saturated carbocycles. The Morgan fingerprint density at radius 3 is 2.71 bits per heavy atom. The first-order chi connectivity index (χ1) is 8.33. The van der Waals surface area contributed by atoms with E-state index >= 15 is 0 Å². The zero-order valence-corrected chi connectivity index (χ0v) is 9.78. The van der Waals surface area contributed by atoms with E-state index in [4.69, 9.17) is 14.2 Å². The van der Waals surface area contributed by atoms with Gasteiger partial charge in [0.15, 0.2) is 6.29 Å². The van der Waals surface area contributed by atoms with Crippen molar-refractivity contribution in [2.24, 2.45) is 0 Å². The van der Waals surface area contributed by atoms with Crippen LogP contribution in [0.1, 0.15) is 18.8 Å². The van der Waals surface area contributed by atoms with E-state index in [0.29, 0.717) is 6.61 Å². The maximum absolute atomic E-state index is 5.89. The second kappa shape index (κ2) is 4.61. The van der Waals surface area contributed by atoms with E-state index in [9.17, 15) is 0 Å². The summed E-state index contributed by atoms with van der Waals surface area (Å²) in [4.78, 5) is 0. The molecular weight excluding hydrogens is 216 g/mol. The molecule has 1 fully saturated rings. The number of ether oxygens (including phenoxy) is 3. The van der Waals surface area contributed by atoms with E-state index in [1.54, 1.807) is 0 Å². The number of benzene rings is 1. The Labute approximate surface area is 101 Å². The molecule has 4 atom stereocenters. The van der Waals surface area contributed by atoms with E-state index in [1.165, 1.54) is 0 Å². The van der Waals surface area contributed by atoms with Gasteiger partial charge in [0, 0.05) is 5.56 Å². The van der Waals surface area contributed by atoms with Crippen LogP contribution in [0.4, 0.5) is 0 Å². The van der Waals surface area contributed by atoms with Crippen molar-refractivity contribution in [1.29, 1.82) is 0 Å². The van der Waals surface area contributed by atoms with E-state index in [0.717, 1.165) is 5.56 Å². The first kappa shape index (κ1) is 11.0. The summed E-state index contributed by atoms with van der Waals surface area (Å²) >= 11 is 0. The predicted molar refractivity (Wildman–Crippen MR) is 63.5 cm³/mol. The van der Waals surface area contributed by atoms with Gasteiger partial charge < -0.3 is 14.2 Å². The lowest BCUT2D eigenvalue weighted by molar-refractivity contribution is -0.261. The van der Waals surface area contributed by atoms with Gasteiger partial charge in [-0.05, 0) is 6.92 Å². The zero-order valence-electron chi connectivity index (χ0n) is 9.78. The van der Waals surface area contributed by atoms with E-state index in [-0.39, 0.29) is 24.6 Å². The smallest absolute Gasteiger partial charge is 0.184 e. The maximum Gasteiger partial charge on any atom is 0.184 e. The average Bonchev–Trinajstić information content (AvgIpc) is 2.39. The Balaban J connectivity index is 1.74. The Morgan fingerprint density at radius 1 is 1.06 bits per heavy atom. The molecule has 3 heteroatoms. The molecule has 1 unspecified atom stereocenters. The summed E-state index contributed by atoms with van der Waals surface area (Å²) in [6, 6.07) is 10.00. The molecule has 1 aromatic rings. The summed E-state index contributed by atoms with van der Waals surface area (Å²) in [5.74, 6) is 0. The Morgan fingerprint density at radius 2 is 1.88 bits per heavy atom. The third kappa shape index (κ3) is 2.27. The fourth-order valence-electron chi connectivity index (χ4n) is 2.20. The van der Waals surface area contributed by atoms with Crippen molar-refractivity contribution in [3.63, 3.8) is 0 Å². The molecule has 0 radical (unpaired) electrons. The Kier molecular flexibility index (Phi) is 2.97. The maximum atomic E-state index is 5.89. The van der Waals surface area contributed by atoms with Crippen LogP contribution in [-0.4, -0.2) is 24.9 Å². The van der Waals surface area contributed by atoms with Gasteiger partial charge in [-0.25, -0.2) is 0 Å². The van der Waals surface area contributed by atoms with Crippen molar-refractivity contribution in [3.8, 4) is 0 Å². The van der Waals surface area contributed by atoms with Crippen LogP contribution >= 0.6 is 0 Å². The van der Waals surface area contributed by atoms with Gasteiger partial charge in [0.25, 0.3) is 0 Å². The lowest BCUT2D eigenvalue weighted by Gasteiger charge is -2.38. The third-order valence-electron chi connectivity index (χ3n) is 3.09. The van der Waals surface area contributed by atoms with Crippen molar-refractivity contribution in [2.45, 2.75) is 31.5 Å². The van der Waals surface area contributed by atoms with Gasteiger partial charge in [-0.3, -0.25) is 0 Å². The normalized spacial score (nSPS) is 36.5. The van der Waals surface area contributed by atoms with Gasteiger partial charge in [0.1, 0.15) is 12.2 Å². The molecule has 0 N–H and O–H groups in total. The van der Waals surface area contributed by atoms with Gasteiger partial charge in [0.05, 0.1) is 12.7 Å². The molecule has 0 aliphatic carbocycles. The minimum absolute atomic E-state index is 0.00477. The van der Waals surface area contributed by atoms with Crippen molar-refractivity contribution in [1.82, 2.24) is 0 Å². The highest BCUT2D eigenvalue weighted by Crippen LogP contribution is 2.30. The lowest BCUT2D eigenvalue weighted by Crippen LogP contribution is -2.44. The van der Waals surface area contributed by atoms with E-state index in [2.05, 4.69) is 6.08 Å². The Bertz CT molecular complexity index is 401. The van der Waals surface area contributed by atoms with Crippen molar-refractivity contribution in [3.05, 3.63) is 48.0 Å². The highest BCUT2D eigenvalue weighted by atomic mass is 16.7. The number of hydrogen-bond donors (Lipinski definition) is 0. The van der Waals surface area contributed by atoms with Crippen molar-refractivity contribution < 1.29 is 14.2 Å². The molecule has 2 heterocycles. The molecular formula is C14H16O3. The largest absolute Gasteiger partial charge is 0.366 e. The van der Waals surface area contributed by atoms with Gasteiger partial charge in [-0.2, -0.15) is 0 Å². The SMILES string of the molecule is C[C@H]1C=C[C@@H]2OC(c3ccccc3)OC[C@H]2O1. The number of fused-ring (bicyclic) bond motifs is 1. The second-order valence-electron chi connectivity index (χ2n) is 4.44. The van der Waals surface area contributed by atoms with Gasteiger partial charge in [0.2, 0.25) is 0 Å². The molecule has 2 aliphatic rings. The fraction of sp³-hybridized carbons (Fsp3) is 0.429. The van der Waals surface area contributed by atoms with Crippen molar-refractivity contribution >= 4 is 0 Å². The Hall–Kier alpha value is -1.16. The van der Waals surface area contributed by atoms with Crippen molar-refractivity contribution in [2.75, 3.05) is 6.61 Å². The average molecular weight is 232 g/mol. The minimum atomic E-state index is -0.279. The molecule has 1 saturated heterocycles. The standard InChI is InChI=1S/C14H16O3/c1-10-7-8-12-13(16-10)9-15-14(17-12)11-5-3-2-4-6-11/h2-8,10,12-14H,9H2,1H3/t10-,12-,13+,14?/m0/s1. The summed E-state index contributed by atoms with van der Waals surface area (Å²) in [6.07, 6.45) is 4.02. The molecule has 90 valence electrons. The molecule has 2 aliphatic heterocycles. The molecule has 0 amide bonds. The first-order valence-electron chi connectivity index (χ1n) is 5.99. The second-order valence-corrected chi connectivity index (χ2v) is 4.44. The highest BCUT2D eigenvalue weighted by molar-refractivity contribution is 5.17.